The van der Waals surface area contributed by atoms with E-state index in [1.807, 2.05) is 6.92 Å². The third-order valence-corrected chi connectivity index (χ3v) is 5.31. The van der Waals surface area contributed by atoms with Gasteiger partial charge in [-0.05, 0) is 43.3 Å². The molecular weight excluding hydrogens is 373 g/mol. The van der Waals surface area contributed by atoms with Gasteiger partial charge in [0, 0.05) is 5.56 Å². The highest BCUT2D eigenvalue weighted by molar-refractivity contribution is 8.01. The Morgan fingerprint density at radius 2 is 1.96 bits per heavy atom. The zero-order chi connectivity index (χ0) is 18.4. The number of hydrogen-bond donors (Lipinski definition) is 1. The predicted molar refractivity (Wildman–Crippen MR) is 102 cm³/mol. The molecule has 3 rings (SSSR count). The molecule has 0 bridgehead atoms. The molecule has 1 N–H and O–H groups in total. The van der Waals surface area contributed by atoms with Crippen molar-refractivity contribution < 1.29 is 13.9 Å². The predicted octanol–water partition coefficient (Wildman–Crippen LogP) is 4.79. The summed E-state index contributed by atoms with van der Waals surface area (Å²) in [6.07, 6.45) is 0. The minimum atomic E-state index is -0.359. The van der Waals surface area contributed by atoms with Crippen molar-refractivity contribution in [2.75, 3.05) is 17.7 Å². The largest absolute Gasteiger partial charge is 0.494 e. The molecule has 0 saturated heterocycles. The molecule has 0 radical (unpaired) electrons. The van der Waals surface area contributed by atoms with Crippen LogP contribution in [-0.2, 0) is 0 Å². The topological polar surface area (TPSA) is 64.1 Å². The highest BCUT2D eigenvalue weighted by atomic mass is 32.2. The quantitative estimate of drug-likeness (QED) is 0.441. The molecule has 0 aliphatic carbocycles. The first kappa shape index (κ1) is 18.3. The summed E-state index contributed by atoms with van der Waals surface area (Å²) in [5.74, 6) is 0.631. The summed E-state index contributed by atoms with van der Waals surface area (Å²) in [7, 11) is 0. The van der Waals surface area contributed by atoms with Gasteiger partial charge >= 0.3 is 0 Å². The third-order valence-electron chi connectivity index (χ3n) is 3.34. The van der Waals surface area contributed by atoms with Crippen LogP contribution in [0.3, 0.4) is 0 Å². The van der Waals surface area contributed by atoms with Gasteiger partial charge in [0.2, 0.25) is 5.13 Å². The number of carbonyl (C=O) groups is 1. The fourth-order valence-electron chi connectivity index (χ4n) is 2.11. The van der Waals surface area contributed by atoms with Crippen molar-refractivity contribution in [2.45, 2.75) is 11.3 Å². The van der Waals surface area contributed by atoms with Crippen LogP contribution < -0.4 is 10.1 Å². The number of thioether (sulfide) groups is 1. The van der Waals surface area contributed by atoms with Crippen molar-refractivity contribution in [3.05, 3.63) is 59.9 Å². The number of rotatable bonds is 8. The van der Waals surface area contributed by atoms with E-state index in [0.29, 0.717) is 27.3 Å². The number of aromatic nitrogens is 2. The zero-order valence-electron chi connectivity index (χ0n) is 13.9. The molecule has 1 heterocycles. The van der Waals surface area contributed by atoms with E-state index in [0.717, 1.165) is 5.75 Å². The summed E-state index contributed by atoms with van der Waals surface area (Å²) in [4.78, 5) is 12.3. The van der Waals surface area contributed by atoms with Crippen molar-refractivity contribution in [1.29, 1.82) is 0 Å². The number of nitrogens with zero attached hydrogens (tertiary/aromatic N) is 2. The fraction of sp³-hybridized carbons (Fsp3) is 0.167. The van der Waals surface area contributed by atoms with Crippen molar-refractivity contribution in [2.24, 2.45) is 0 Å². The number of carbonyl (C=O) groups excluding carboxylic acids is 1. The Kier molecular flexibility index (Phi) is 6.19. The van der Waals surface area contributed by atoms with E-state index in [9.17, 15) is 9.18 Å². The molecule has 0 aliphatic heterocycles. The number of hydrogen-bond acceptors (Lipinski definition) is 7. The molecule has 3 aromatic rings. The average Bonchev–Trinajstić information content (AvgIpc) is 3.10. The Balaban J connectivity index is 1.56. The molecule has 0 atom stereocenters. The smallest absolute Gasteiger partial charge is 0.210 e. The number of anilines is 2. The second kappa shape index (κ2) is 8.77. The molecule has 0 unspecified atom stereocenters. The van der Waals surface area contributed by atoms with Gasteiger partial charge in [0.05, 0.1) is 18.0 Å². The van der Waals surface area contributed by atoms with E-state index < -0.39 is 0 Å². The van der Waals surface area contributed by atoms with E-state index in [4.69, 9.17) is 4.74 Å². The van der Waals surface area contributed by atoms with Gasteiger partial charge < -0.3 is 10.1 Å². The lowest BCUT2D eigenvalue weighted by molar-refractivity contribution is 0.102. The van der Waals surface area contributed by atoms with E-state index in [1.165, 1.54) is 29.2 Å². The van der Waals surface area contributed by atoms with E-state index >= 15 is 0 Å². The Labute approximate surface area is 158 Å². The van der Waals surface area contributed by atoms with Crippen LogP contribution in [0.25, 0.3) is 0 Å². The lowest BCUT2D eigenvalue weighted by atomic mass is 10.1. The normalized spacial score (nSPS) is 10.5. The second-order valence-electron chi connectivity index (χ2n) is 5.15. The van der Waals surface area contributed by atoms with E-state index in [1.54, 1.807) is 42.5 Å². The maximum atomic E-state index is 13.6. The van der Waals surface area contributed by atoms with E-state index in [2.05, 4.69) is 15.5 Å². The first-order valence-electron chi connectivity index (χ1n) is 7.89. The molecule has 8 heteroatoms. The SMILES string of the molecule is CCOc1ccc(C(=O)CSc2nnc(Nc3ccccc3F)s2)cc1. The highest BCUT2D eigenvalue weighted by Gasteiger charge is 2.11. The van der Waals surface area contributed by atoms with Crippen molar-refractivity contribution in [3.8, 4) is 5.75 Å². The molecule has 26 heavy (non-hydrogen) atoms. The van der Waals surface area contributed by atoms with Crippen LogP contribution in [0.15, 0.2) is 52.9 Å². The summed E-state index contributed by atoms with van der Waals surface area (Å²) in [6.45, 7) is 2.50. The van der Waals surface area contributed by atoms with Crippen LogP contribution in [-0.4, -0.2) is 28.3 Å². The van der Waals surface area contributed by atoms with Crippen LogP contribution in [0, 0.1) is 5.82 Å². The van der Waals surface area contributed by atoms with Gasteiger partial charge in [0.1, 0.15) is 11.6 Å². The van der Waals surface area contributed by atoms with Gasteiger partial charge in [-0.25, -0.2) is 4.39 Å². The van der Waals surface area contributed by atoms with Gasteiger partial charge in [0.15, 0.2) is 10.1 Å². The summed E-state index contributed by atoms with van der Waals surface area (Å²) < 4.78 is 19.6. The first-order valence-corrected chi connectivity index (χ1v) is 9.70. The summed E-state index contributed by atoms with van der Waals surface area (Å²) >= 11 is 2.58. The lowest BCUT2D eigenvalue weighted by Gasteiger charge is -2.04. The Bertz CT molecular complexity index is 884. The number of para-hydroxylation sites is 1. The average molecular weight is 389 g/mol. The molecular formula is C18H16FN3O2S2. The number of ketones is 1. The maximum absolute atomic E-state index is 13.6. The molecule has 0 fully saturated rings. The minimum Gasteiger partial charge on any atom is -0.494 e. The third kappa shape index (κ3) is 4.80. The number of nitrogens with one attached hydrogen (secondary N) is 1. The lowest BCUT2D eigenvalue weighted by Crippen LogP contribution is -2.02. The molecule has 0 aliphatic rings. The first-order chi connectivity index (χ1) is 12.7. The molecule has 2 aromatic carbocycles. The van der Waals surface area contributed by atoms with E-state index in [-0.39, 0.29) is 17.4 Å². The Morgan fingerprint density at radius 3 is 2.69 bits per heavy atom. The molecule has 0 spiro atoms. The zero-order valence-corrected chi connectivity index (χ0v) is 15.6. The highest BCUT2D eigenvalue weighted by Crippen LogP contribution is 2.29. The van der Waals surface area contributed by atoms with Crippen molar-refractivity contribution in [3.63, 3.8) is 0 Å². The van der Waals surface area contributed by atoms with Gasteiger partial charge in [-0.15, -0.1) is 10.2 Å². The number of Topliss-reactive ketones (excluding diaryl/α,β-unsaturated/α-hetero) is 1. The Hall–Kier alpha value is -2.45. The summed E-state index contributed by atoms with van der Waals surface area (Å²) in [6, 6.07) is 13.4. The minimum absolute atomic E-state index is 0.00291. The van der Waals surface area contributed by atoms with Crippen LogP contribution in [0.2, 0.25) is 0 Å². The van der Waals surface area contributed by atoms with Crippen LogP contribution in [0.1, 0.15) is 17.3 Å². The number of halogens is 1. The maximum Gasteiger partial charge on any atom is 0.210 e. The Morgan fingerprint density at radius 1 is 1.19 bits per heavy atom. The molecule has 0 amide bonds. The van der Waals surface area contributed by atoms with Crippen molar-refractivity contribution in [1.82, 2.24) is 10.2 Å². The van der Waals surface area contributed by atoms with Crippen molar-refractivity contribution >= 4 is 39.7 Å². The van der Waals surface area contributed by atoms with Crippen LogP contribution in [0.4, 0.5) is 15.2 Å². The van der Waals surface area contributed by atoms with Gasteiger partial charge in [0.25, 0.3) is 0 Å². The number of benzene rings is 2. The van der Waals surface area contributed by atoms with Gasteiger partial charge in [-0.1, -0.05) is 35.2 Å². The monoisotopic (exact) mass is 389 g/mol. The fourth-order valence-corrected chi connectivity index (χ4v) is 3.77. The molecule has 134 valence electrons. The molecule has 5 nitrogen and oxygen atoms in total. The second-order valence-corrected chi connectivity index (χ2v) is 7.35. The standard InChI is InChI=1S/C18H16FN3O2S2/c1-2-24-13-9-7-12(8-10-13)16(23)11-25-18-22-21-17(26-18)20-15-6-4-3-5-14(15)19/h3-10H,2,11H2,1H3,(H,20,21). The van der Waals surface area contributed by atoms with Gasteiger partial charge in [-0.2, -0.15) is 0 Å². The summed E-state index contributed by atoms with van der Waals surface area (Å²) in [5, 5.41) is 11.4. The summed E-state index contributed by atoms with van der Waals surface area (Å²) in [5.41, 5.74) is 0.959. The molecule has 1 aromatic heterocycles. The van der Waals surface area contributed by atoms with Gasteiger partial charge in [-0.3, -0.25) is 4.79 Å². The van der Waals surface area contributed by atoms with Crippen LogP contribution in [0.5, 0.6) is 5.75 Å². The van der Waals surface area contributed by atoms with Crippen LogP contribution >= 0.6 is 23.1 Å². The molecule has 0 saturated carbocycles. The number of ether oxygens (including phenoxy) is 1.